The van der Waals surface area contributed by atoms with Crippen LogP contribution in [0.3, 0.4) is 0 Å². The number of carbonyl (C=O) groups excluding carboxylic acids is 4. The Morgan fingerprint density at radius 2 is 1.37 bits per heavy atom. The van der Waals surface area contributed by atoms with Crippen molar-refractivity contribution >= 4 is 57.8 Å². The van der Waals surface area contributed by atoms with E-state index in [1.54, 1.807) is 27.0 Å². The van der Waals surface area contributed by atoms with Gasteiger partial charge in [0.25, 0.3) is 5.82 Å². The third kappa shape index (κ3) is 9.38. The van der Waals surface area contributed by atoms with Crippen LogP contribution in [0.15, 0.2) is 73.3 Å². The number of nitrogens with zero attached hydrogens (tertiary/aromatic N) is 6. The fourth-order valence-corrected chi connectivity index (χ4v) is 8.95. The van der Waals surface area contributed by atoms with Crippen molar-refractivity contribution in [2.24, 2.45) is 37.8 Å². The number of ketones is 2. The zero-order chi connectivity index (χ0) is 43.7. The zero-order valence-corrected chi connectivity index (χ0v) is 38.3. The standard InChI is InChI=1S/C30H40N4O5.C18H19N3O.ClH/c1-19(2)23(16-31-29(37)39-30(4,5)6)28(36)38-18-34-15-14-33(20(34)3)17-21-12-13-25-26(27(21)35)22-10-8-9-11-24(22)32(25)7;1-12-19-9-10-21(12)11-13-7-8-16-17(18(13)22)14-5-3-4-6-15(14)20(16)2;/h8-11,14-15,19,21,23H,12-13,16-18H2,1-7H3;3-6,9-10,13H,7-8,11H2,1-2H3;1H/p+1. The molecular weight excluding hydrogens is 806 g/mol. The molecule has 2 aliphatic carbocycles. The second-order valence-corrected chi connectivity index (χ2v) is 17.9. The van der Waals surface area contributed by atoms with Gasteiger partial charge in [-0.05, 0) is 71.4 Å². The summed E-state index contributed by atoms with van der Waals surface area (Å²) in [5, 5.41) is 4.80. The number of benzene rings is 2. The molecule has 3 unspecified atom stereocenters. The fourth-order valence-electron chi connectivity index (χ4n) is 8.95. The topological polar surface area (TPSA) is 135 Å². The van der Waals surface area contributed by atoms with Crippen molar-refractivity contribution in [1.82, 2.24) is 28.6 Å². The number of esters is 1. The van der Waals surface area contributed by atoms with Gasteiger partial charge in [0, 0.05) is 96.7 Å². The second-order valence-electron chi connectivity index (χ2n) is 17.9. The van der Waals surface area contributed by atoms with Gasteiger partial charge in [0.1, 0.15) is 30.4 Å². The van der Waals surface area contributed by atoms with Gasteiger partial charge in [0.15, 0.2) is 11.6 Å². The van der Waals surface area contributed by atoms with Crippen LogP contribution in [0.2, 0.25) is 0 Å². The molecule has 0 radical (unpaired) electrons. The third-order valence-corrected chi connectivity index (χ3v) is 12.5. The van der Waals surface area contributed by atoms with E-state index in [9.17, 15) is 19.2 Å². The van der Waals surface area contributed by atoms with Crippen molar-refractivity contribution in [3.63, 3.8) is 0 Å². The molecule has 330 valence electrons. The number of ether oxygens (including phenoxy) is 2. The molecule has 0 fully saturated rings. The summed E-state index contributed by atoms with van der Waals surface area (Å²) in [7, 11) is 4.10. The first-order valence-electron chi connectivity index (χ1n) is 21.4. The Hall–Kier alpha value is -5.69. The van der Waals surface area contributed by atoms with Crippen LogP contribution >= 0.6 is 12.4 Å². The largest absolute Gasteiger partial charge is 0.444 e. The van der Waals surface area contributed by atoms with E-state index in [1.165, 1.54) is 5.69 Å². The van der Waals surface area contributed by atoms with E-state index < -0.39 is 17.6 Å². The maximum Gasteiger partial charge on any atom is 0.407 e. The first-order chi connectivity index (χ1) is 29.0. The maximum atomic E-state index is 13.6. The van der Waals surface area contributed by atoms with Crippen LogP contribution in [-0.4, -0.2) is 59.0 Å². The lowest BCUT2D eigenvalue weighted by molar-refractivity contribution is -0.732. The number of imidazole rings is 2. The highest BCUT2D eigenvalue weighted by molar-refractivity contribution is 6.12. The number of hydrogen-bond donors (Lipinski definition) is 1. The van der Waals surface area contributed by atoms with Gasteiger partial charge in [-0.15, -0.1) is 12.4 Å². The van der Waals surface area contributed by atoms with E-state index in [2.05, 4.69) is 53.8 Å². The highest BCUT2D eigenvalue weighted by atomic mass is 35.5. The lowest BCUT2D eigenvalue weighted by atomic mass is 9.85. The number of alkyl carbamates (subject to hydrolysis) is 1. The van der Waals surface area contributed by atoms with E-state index in [0.717, 1.165) is 82.5 Å². The van der Waals surface area contributed by atoms with Crippen molar-refractivity contribution in [1.29, 1.82) is 0 Å². The van der Waals surface area contributed by atoms with Crippen molar-refractivity contribution < 1.29 is 33.2 Å². The van der Waals surface area contributed by atoms with Crippen molar-refractivity contribution in [3.8, 4) is 0 Å². The highest BCUT2D eigenvalue weighted by Crippen LogP contribution is 2.36. The molecule has 3 atom stereocenters. The number of amides is 1. The summed E-state index contributed by atoms with van der Waals surface area (Å²) in [5.41, 5.74) is 5.73. The minimum atomic E-state index is -0.612. The number of rotatable bonds is 10. The van der Waals surface area contributed by atoms with Gasteiger partial charge in [0.2, 0.25) is 6.73 Å². The summed E-state index contributed by atoms with van der Waals surface area (Å²) in [5.74, 6) is 1.36. The lowest BCUT2D eigenvalue weighted by Gasteiger charge is -2.23. The van der Waals surface area contributed by atoms with Crippen LogP contribution in [0.25, 0.3) is 21.8 Å². The molecule has 0 spiro atoms. The molecule has 2 aliphatic rings. The number of hydrogen-bond acceptors (Lipinski definition) is 7. The first-order valence-corrected chi connectivity index (χ1v) is 21.4. The Balaban J connectivity index is 0.000000235. The third-order valence-electron chi connectivity index (χ3n) is 12.5. The Kier molecular flexibility index (Phi) is 13.8. The molecule has 14 heteroatoms. The van der Waals surface area contributed by atoms with E-state index in [1.807, 2.05) is 88.2 Å². The molecule has 4 heterocycles. The van der Waals surface area contributed by atoms with Crippen LogP contribution < -0.4 is 9.88 Å². The number of nitrogens with one attached hydrogen (secondary N) is 1. The van der Waals surface area contributed by atoms with Gasteiger partial charge in [-0.1, -0.05) is 50.2 Å². The molecule has 0 aliphatic heterocycles. The average Bonchev–Trinajstić information content (AvgIpc) is 3.95. The first kappa shape index (κ1) is 45.8. The van der Waals surface area contributed by atoms with Crippen LogP contribution in [0.1, 0.15) is 91.2 Å². The Bertz CT molecular complexity index is 2610. The molecule has 1 N–H and O–H groups in total. The van der Waals surface area contributed by atoms with Gasteiger partial charge in [-0.2, -0.15) is 4.57 Å². The van der Waals surface area contributed by atoms with Crippen LogP contribution in [-0.2, 0) is 61.0 Å². The number of carbonyl (C=O) groups is 4. The molecule has 13 nitrogen and oxygen atoms in total. The summed E-state index contributed by atoms with van der Waals surface area (Å²) in [6.07, 6.45) is 10.5. The van der Waals surface area contributed by atoms with Crippen LogP contribution in [0.5, 0.6) is 0 Å². The van der Waals surface area contributed by atoms with E-state index >= 15 is 0 Å². The van der Waals surface area contributed by atoms with Crippen molar-refractivity contribution in [2.45, 2.75) is 99.6 Å². The molecule has 0 saturated carbocycles. The summed E-state index contributed by atoms with van der Waals surface area (Å²) in [4.78, 5) is 55.8. The SMILES string of the molecule is Cc1n(CC2CCc3c(c4ccccc4n3C)C2=O)cc[n+]1COC(=O)C(CNC(=O)OC(C)(C)C)C(C)C.Cc1nccn1CC1CCc2c(c3ccccc3n2C)C1=O.Cl. The summed E-state index contributed by atoms with van der Waals surface area (Å²) in [6, 6.07) is 16.3. The number of fused-ring (bicyclic) bond motifs is 6. The van der Waals surface area contributed by atoms with Gasteiger partial charge in [-0.3, -0.25) is 14.4 Å². The number of halogens is 1. The smallest absolute Gasteiger partial charge is 0.407 e. The molecule has 4 aromatic heterocycles. The molecule has 0 saturated heterocycles. The minimum Gasteiger partial charge on any atom is -0.444 e. The average molecular weight is 868 g/mol. The summed E-state index contributed by atoms with van der Waals surface area (Å²) >= 11 is 0. The fraction of sp³-hybridized carbons (Fsp3) is 0.458. The Morgan fingerprint density at radius 3 is 1.87 bits per heavy atom. The minimum absolute atomic E-state index is 0. The number of aryl methyl sites for hydroxylation is 3. The molecule has 1 amide bonds. The number of aromatic nitrogens is 6. The summed E-state index contributed by atoms with van der Waals surface area (Å²) < 4.78 is 21.2. The molecule has 6 aromatic rings. The normalized spacial score (nSPS) is 16.6. The van der Waals surface area contributed by atoms with Crippen molar-refractivity contribution in [2.75, 3.05) is 6.54 Å². The predicted molar refractivity (Wildman–Crippen MR) is 240 cm³/mol. The van der Waals surface area contributed by atoms with Gasteiger partial charge in [0.05, 0.1) is 11.8 Å². The van der Waals surface area contributed by atoms with Gasteiger partial charge >= 0.3 is 12.1 Å². The molecule has 0 bridgehead atoms. The van der Waals surface area contributed by atoms with Crippen LogP contribution in [0.4, 0.5) is 4.79 Å². The molecular formula is C48H61ClN7O6+. The van der Waals surface area contributed by atoms with E-state index in [4.69, 9.17) is 9.47 Å². The maximum absolute atomic E-state index is 13.6. The Morgan fingerprint density at radius 1 is 0.839 bits per heavy atom. The lowest BCUT2D eigenvalue weighted by Crippen LogP contribution is -2.42. The predicted octanol–water partition coefficient (Wildman–Crippen LogP) is 7.87. The van der Waals surface area contributed by atoms with Gasteiger partial charge < -0.3 is 28.5 Å². The number of para-hydroxylation sites is 2. The molecule has 2 aromatic carbocycles. The summed E-state index contributed by atoms with van der Waals surface area (Å²) in [6.45, 7) is 14.6. The Labute approximate surface area is 369 Å². The second kappa shape index (κ2) is 18.7. The zero-order valence-electron chi connectivity index (χ0n) is 37.4. The quantitative estimate of drug-likeness (QED) is 0.109. The highest BCUT2D eigenvalue weighted by Gasteiger charge is 2.35. The van der Waals surface area contributed by atoms with Gasteiger partial charge in [-0.25, -0.2) is 14.3 Å². The molecule has 62 heavy (non-hydrogen) atoms. The molecule has 8 rings (SSSR count). The number of Topliss-reactive ketones (excluding diaryl/α,β-unsaturated/α-hetero) is 2. The van der Waals surface area contributed by atoms with Crippen LogP contribution in [0, 0.1) is 37.5 Å². The van der Waals surface area contributed by atoms with Crippen molar-refractivity contribution in [3.05, 3.63) is 107 Å². The van der Waals surface area contributed by atoms with E-state index in [-0.39, 0.29) is 61.0 Å². The van der Waals surface area contributed by atoms with E-state index in [0.29, 0.717) is 6.54 Å². The monoisotopic (exact) mass is 866 g/mol.